The van der Waals surface area contributed by atoms with Crippen LogP contribution in [0.5, 0.6) is 0 Å². The average Bonchev–Trinajstić information content (AvgIpc) is 2.81. The van der Waals surface area contributed by atoms with Gasteiger partial charge in [-0.3, -0.25) is 5.41 Å². The van der Waals surface area contributed by atoms with Gasteiger partial charge in [-0.2, -0.15) is 0 Å². The van der Waals surface area contributed by atoms with Crippen molar-refractivity contribution in [3.05, 3.63) is 131 Å². The largest absolute Gasteiger partial charge is 0.384 e. The van der Waals surface area contributed by atoms with Gasteiger partial charge in [0, 0.05) is 17.1 Å². The zero-order chi connectivity index (χ0) is 22.5. The Hall–Kier alpha value is -3.40. The van der Waals surface area contributed by atoms with Gasteiger partial charge in [-0.05, 0) is 41.8 Å². The maximum absolute atomic E-state index is 7.01. The second-order valence-corrected chi connectivity index (χ2v) is 7.29. The third-order valence-corrected chi connectivity index (χ3v) is 4.58. The lowest BCUT2D eigenvalue weighted by Crippen LogP contribution is -2.10. The lowest BCUT2D eigenvalue weighted by Gasteiger charge is -2.04. The average molecular weight is 430 g/mol. The van der Waals surface area contributed by atoms with Crippen LogP contribution in [0.2, 0.25) is 5.02 Å². The van der Waals surface area contributed by atoms with Gasteiger partial charge >= 0.3 is 0 Å². The summed E-state index contributed by atoms with van der Waals surface area (Å²) in [5, 5.41) is 7.77. The van der Waals surface area contributed by atoms with E-state index < -0.39 is 0 Å². The summed E-state index contributed by atoms with van der Waals surface area (Å²) in [6.45, 7) is 2.65. The minimum Gasteiger partial charge on any atom is -0.384 e. The molecule has 0 saturated carbocycles. The SMILES string of the molecule is Cc1ccccc1.N=C(N)c1ccccc1.NCc1cccc(-c2cccc(Cl)c2)c1. The van der Waals surface area contributed by atoms with Crippen LogP contribution < -0.4 is 11.5 Å². The lowest BCUT2D eigenvalue weighted by molar-refractivity contribution is 1.07. The molecule has 0 amide bonds. The van der Waals surface area contributed by atoms with E-state index in [0.717, 1.165) is 27.3 Å². The van der Waals surface area contributed by atoms with Crippen molar-refractivity contribution in [1.82, 2.24) is 0 Å². The fourth-order valence-electron chi connectivity index (χ4n) is 2.70. The highest BCUT2D eigenvalue weighted by Crippen LogP contribution is 2.23. The molecule has 4 rings (SSSR count). The van der Waals surface area contributed by atoms with Crippen LogP contribution in [0.3, 0.4) is 0 Å². The van der Waals surface area contributed by atoms with Crippen LogP contribution in [0, 0.1) is 12.3 Å². The normalized spacial score (nSPS) is 9.52. The molecule has 158 valence electrons. The summed E-state index contributed by atoms with van der Waals surface area (Å²) in [5.74, 6) is 0.121. The predicted molar refractivity (Wildman–Crippen MR) is 133 cm³/mol. The monoisotopic (exact) mass is 429 g/mol. The molecule has 0 heterocycles. The summed E-state index contributed by atoms with van der Waals surface area (Å²) >= 11 is 5.94. The van der Waals surface area contributed by atoms with Gasteiger partial charge in [0.2, 0.25) is 0 Å². The Labute approximate surface area is 189 Å². The minimum atomic E-state index is 0.121. The lowest BCUT2D eigenvalue weighted by atomic mass is 10.0. The van der Waals surface area contributed by atoms with Crippen molar-refractivity contribution in [2.45, 2.75) is 13.5 Å². The third-order valence-electron chi connectivity index (χ3n) is 4.35. The standard InChI is InChI=1S/C13H12ClN.C7H8N2.C7H8/c14-13-6-2-5-12(8-13)11-4-1-3-10(7-11)9-15;8-7(9)6-4-2-1-3-5-6;1-7-5-3-2-4-6-7/h1-8H,9,15H2;1-5H,(H3,8,9);2-6H,1H3. The van der Waals surface area contributed by atoms with Gasteiger partial charge in [-0.1, -0.05) is 108 Å². The molecule has 0 atom stereocenters. The number of nitrogens with one attached hydrogen (secondary N) is 1. The second kappa shape index (κ2) is 13.0. The number of hydrogen-bond donors (Lipinski definition) is 3. The van der Waals surface area contributed by atoms with Crippen molar-refractivity contribution in [2.24, 2.45) is 11.5 Å². The Bertz CT molecular complexity index is 1060. The molecule has 0 aliphatic rings. The highest BCUT2D eigenvalue weighted by Gasteiger charge is 1.99. The first-order valence-electron chi connectivity index (χ1n) is 9.95. The summed E-state index contributed by atoms with van der Waals surface area (Å²) < 4.78 is 0. The van der Waals surface area contributed by atoms with Crippen molar-refractivity contribution in [3.63, 3.8) is 0 Å². The van der Waals surface area contributed by atoms with Gasteiger partial charge < -0.3 is 11.5 Å². The van der Waals surface area contributed by atoms with Crippen molar-refractivity contribution in [3.8, 4) is 11.1 Å². The topological polar surface area (TPSA) is 75.9 Å². The zero-order valence-electron chi connectivity index (χ0n) is 17.6. The summed E-state index contributed by atoms with van der Waals surface area (Å²) in [6.07, 6.45) is 0. The van der Waals surface area contributed by atoms with Crippen molar-refractivity contribution in [2.75, 3.05) is 0 Å². The van der Waals surface area contributed by atoms with Gasteiger partial charge in [-0.15, -0.1) is 0 Å². The molecule has 0 radical (unpaired) electrons. The number of hydrogen-bond acceptors (Lipinski definition) is 2. The van der Waals surface area contributed by atoms with E-state index in [1.54, 1.807) is 0 Å². The Morgan fingerprint density at radius 1 is 0.742 bits per heavy atom. The maximum atomic E-state index is 7.01. The van der Waals surface area contributed by atoms with Crippen LogP contribution in [0.25, 0.3) is 11.1 Å². The Morgan fingerprint density at radius 2 is 1.29 bits per heavy atom. The molecule has 0 aliphatic carbocycles. The van der Waals surface area contributed by atoms with E-state index in [2.05, 4.69) is 31.2 Å². The molecule has 4 aromatic rings. The molecule has 0 aromatic heterocycles. The highest BCUT2D eigenvalue weighted by atomic mass is 35.5. The molecular formula is C27H28ClN3. The van der Waals surface area contributed by atoms with Crippen molar-refractivity contribution < 1.29 is 0 Å². The number of amidine groups is 1. The Balaban J connectivity index is 0.000000181. The third kappa shape index (κ3) is 8.87. The fourth-order valence-corrected chi connectivity index (χ4v) is 2.89. The van der Waals surface area contributed by atoms with E-state index >= 15 is 0 Å². The first kappa shape index (κ1) is 23.9. The molecule has 4 aromatic carbocycles. The summed E-state index contributed by atoms with van der Waals surface area (Å²) in [5.41, 5.74) is 16.3. The molecule has 4 heteroatoms. The molecule has 0 unspecified atom stereocenters. The summed E-state index contributed by atoms with van der Waals surface area (Å²) in [7, 11) is 0. The van der Waals surface area contributed by atoms with Gasteiger partial charge in [-0.25, -0.2) is 0 Å². The van der Waals surface area contributed by atoms with Gasteiger partial charge in [0.1, 0.15) is 5.84 Å². The van der Waals surface area contributed by atoms with E-state index in [1.165, 1.54) is 5.56 Å². The smallest absolute Gasteiger partial charge is 0.122 e. The highest BCUT2D eigenvalue weighted by molar-refractivity contribution is 6.30. The van der Waals surface area contributed by atoms with Crippen LogP contribution in [0.15, 0.2) is 109 Å². The molecular weight excluding hydrogens is 402 g/mol. The van der Waals surface area contributed by atoms with Gasteiger partial charge in [0.05, 0.1) is 0 Å². The van der Waals surface area contributed by atoms with E-state index in [0.29, 0.717) is 6.54 Å². The van der Waals surface area contributed by atoms with Crippen LogP contribution in [-0.4, -0.2) is 5.84 Å². The van der Waals surface area contributed by atoms with E-state index in [-0.39, 0.29) is 5.84 Å². The van der Waals surface area contributed by atoms with E-state index in [9.17, 15) is 0 Å². The van der Waals surface area contributed by atoms with Crippen molar-refractivity contribution >= 4 is 17.4 Å². The quantitative estimate of drug-likeness (QED) is 0.259. The molecule has 31 heavy (non-hydrogen) atoms. The van der Waals surface area contributed by atoms with Crippen molar-refractivity contribution in [1.29, 1.82) is 5.41 Å². The van der Waals surface area contributed by atoms with Gasteiger partial charge in [0.25, 0.3) is 0 Å². The van der Waals surface area contributed by atoms with Crippen LogP contribution in [0.1, 0.15) is 16.7 Å². The summed E-state index contributed by atoms with van der Waals surface area (Å²) in [6, 6.07) is 35.5. The first-order valence-corrected chi connectivity index (χ1v) is 10.3. The van der Waals surface area contributed by atoms with Gasteiger partial charge in [0.15, 0.2) is 0 Å². The predicted octanol–water partition coefficient (Wildman–Crippen LogP) is 6.43. The number of halogens is 1. The second-order valence-electron chi connectivity index (χ2n) is 6.85. The number of benzene rings is 4. The zero-order valence-corrected chi connectivity index (χ0v) is 18.4. The number of nitrogens with two attached hydrogens (primary N) is 2. The Kier molecular flexibility index (Phi) is 10.0. The molecule has 3 nitrogen and oxygen atoms in total. The first-order chi connectivity index (χ1) is 15.0. The van der Waals surface area contributed by atoms with Crippen LogP contribution in [-0.2, 0) is 6.54 Å². The number of rotatable bonds is 3. The van der Waals surface area contributed by atoms with E-state index in [4.69, 9.17) is 28.5 Å². The summed E-state index contributed by atoms with van der Waals surface area (Å²) in [4.78, 5) is 0. The van der Waals surface area contributed by atoms with E-state index in [1.807, 2.05) is 84.9 Å². The molecule has 5 N–H and O–H groups in total. The molecule has 0 saturated heterocycles. The Morgan fingerprint density at radius 3 is 1.74 bits per heavy atom. The fraction of sp³-hybridized carbons (Fsp3) is 0.0741. The number of aryl methyl sites for hydroxylation is 1. The maximum Gasteiger partial charge on any atom is 0.122 e. The molecule has 0 bridgehead atoms. The molecule has 0 fully saturated rings. The number of nitrogen functional groups attached to an aromatic ring is 1. The van der Waals surface area contributed by atoms with Crippen LogP contribution >= 0.6 is 11.6 Å². The molecule has 0 aliphatic heterocycles. The minimum absolute atomic E-state index is 0.121. The molecule has 0 spiro atoms. The van der Waals surface area contributed by atoms with Crippen LogP contribution in [0.4, 0.5) is 0 Å².